The highest BCUT2D eigenvalue weighted by atomic mass is 16.5. The minimum absolute atomic E-state index is 0.0146. The fourth-order valence-electron chi connectivity index (χ4n) is 9.87. The number of allylic oxidation sites excluding steroid dienone is 3. The predicted octanol–water partition coefficient (Wildman–Crippen LogP) is 19.8. The first-order chi connectivity index (χ1) is 34.5. The molecule has 0 heterocycles. The summed E-state index contributed by atoms with van der Waals surface area (Å²) in [6.07, 6.45) is 73.7. The molecule has 2 atom stereocenters. The van der Waals surface area contributed by atoms with E-state index in [9.17, 15) is 19.8 Å². The summed E-state index contributed by atoms with van der Waals surface area (Å²) in [6.45, 7) is 4.92. The molecule has 70 heavy (non-hydrogen) atoms. The third kappa shape index (κ3) is 55.7. The smallest absolute Gasteiger partial charge is 0.305 e. The third-order valence-corrected chi connectivity index (χ3v) is 14.7. The Labute approximate surface area is 437 Å². The molecule has 0 radical (unpaired) electrons. The lowest BCUT2D eigenvalue weighted by Gasteiger charge is -2.20. The summed E-state index contributed by atoms with van der Waals surface area (Å²) in [7, 11) is 0. The second-order valence-corrected chi connectivity index (χ2v) is 21.7. The monoisotopic (exact) mass is 986 g/mol. The van der Waals surface area contributed by atoms with E-state index < -0.39 is 12.1 Å². The molecule has 0 aromatic heterocycles. The van der Waals surface area contributed by atoms with Crippen molar-refractivity contribution in [3.8, 4) is 0 Å². The molecule has 0 saturated heterocycles. The van der Waals surface area contributed by atoms with Crippen LogP contribution in [0.1, 0.15) is 348 Å². The molecule has 0 saturated carbocycles. The second-order valence-electron chi connectivity index (χ2n) is 21.7. The highest BCUT2D eigenvalue weighted by molar-refractivity contribution is 5.76. The molecule has 0 rings (SSSR count). The number of unbranched alkanes of at least 4 members (excludes halogenated alkanes) is 46. The highest BCUT2D eigenvalue weighted by Crippen LogP contribution is 2.17. The van der Waals surface area contributed by atoms with E-state index in [1.807, 2.05) is 6.08 Å². The van der Waals surface area contributed by atoms with Crippen molar-refractivity contribution in [1.82, 2.24) is 5.32 Å². The van der Waals surface area contributed by atoms with Gasteiger partial charge in [0.1, 0.15) is 0 Å². The molecule has 414 valence electrons. The first kappa shape index (κ1) is 68.3. The van der Waals surface area contributed by atoms with Crippen molar-refractivity contribution >= 4 is 11.9 Å². The molecule has 0 aromatic rings. The van der Waals surface area contributed by atoms with Crippen molar-refractivity contribution in [1.29, 1.82) is 0 Å². The van der Waals surface area contributed by atoms with Crippen molar-refractivity contribution in [3.63, 3.8) is 0 Å². The number of esters is 1. The van der Waals surface area contributed by atoms with Crippen LogP contribution in [0, 0.1) is 0 Å². The fourth-order valence-corrected chi connectivity index (χ4v) is 9.87. The number of nitrogens with one attached hydrogen (secondary N) is 1. The lowest BCUT2D eigenvalue weighted by Crippen LogP contribution is -2.45. The molecule has 6 nitrogen and oxygen atoms in total. The number of carbonyl (C=O) groups excluding carboxylic acids is 2. The molecule has 2 unspecified atom stereocenters. The van der Waals surface area contributed by atoms with E-state index in [1.54, 1.807) is 6.08 Å². The standard InChI is InChI=1S/C64H123NO5/c1-3-5-7-9-11-13-15-16-30-33-37-40-44-48-52-56-62(67)61(60-66)65-63(68)57-53-49-45-41-38-34-31-28-26-24-22-20-18-17-19-21-23-25-27-29-32-35-39-43-47-51-55-59-70-64(69)58-54-50-46-42-36-14-12-10-8-6-4-2/h17-18,52,56,61-62,66-67H,3-16,19-51,53-55,57-60H2,1-2H3,(H,65,68)/b18-17-,56-52+. The van der Waals surface area contributed by atoms with Crippen molar-refractivity contribution < 1.29 is 24.5 Å². The van der Waals surface area contributed by atoms with Gasteiger partial charge in [0.25, 0.3) is 0 Å². The number of hydrogen-bond acceptors (Lipinski definition) is 5. The van der Waals surface area contributed by atoms with E-state index in [1.165, 1.54) is 283 Å². The molecular formula is C64H123NO5. The summed E-state index contributed by atoms with van der Waals surface area (Å²) < 4.78 is 5.47. The van der Waals surface area contributed by atoms with E-state index in [2.05, 4.69) is 31.3 Å². The topological polar surface area (TPSA) is 95.9 Å². The van der Waals surface area contributed by atoms with Gasteiger partial charge in [0.2, 0.25) is 5.91 Å². The first-order valence-electron chi connectivity index (χ1n) is 31.6. The third-order valence-electron chi connectivity index (χ3n) is 14.7. The lowest BCUT2D eigenvalue weighted by atomic mass is 10.0. The summed E-state index contributed by atoms with van der Waals surface area (Å²) in [6, 6.07) is -0.628. The van der Waals surface area contributed by atoms with Gasteiger partial charge < -0.3 is 20.3 Å². The van der Waals surface area contributed by atoms with Crippen LogP contribution in [0.2, 0.25) is 0 Å². The number of carbonyl (C=O) groups is 2. The average Bonchev–Trinajstić information content (AvgIpc) is 3.36. The predicted molar refractivity (Wildman–Crippen MR) is 306 cm³/mol. The number of ether oxygens (including phenoxy) is 1. The molecule has 0 fully saturated rings. The number of amides is 1. The van der Waals surface area contributed by atoms with Gasteiger partial charge in [-0.3, -0.25) is 9.59 Å². The van der Waals surface area contributed by atoms with Crippen LogP contribution in [0.15, 0.2) is 24.3 Å². The largest absolute Gasteiger partial charge is 0.466 e. The maximum absolute atomic E-state index is 12.5. The van der Waals surface area contributed by atoms with Gasteiger partial charge in [0.15, 0.2) is 0 Å². The molecule has 0 aliphatic carbocycles. The van der Waals surface area contributed by atoms with Gasteiger partial charge in [-0.05, 0) is 57.8 Å². The van der Waals surface area contributed by atoms with E-state index in [4.69, 9.17) is 4.74 Å². The Bertz CT molecular complexity index is 1090. The van der Waals surface area contributed by atoms with Gasteiger partial charge in [-0.15, -0.1) is 0 Å². The fraction of sp³-hybridized carbons (Fsp3) is 0.906. The van der Waals surface area contributed by atoms with Crippen molar-refractivity contribution in [2.45, 2.75) is 360 Å². The van der Waals surface area contributed by atoms with Gasteiger partial charge in [-0.2, -0.15) is 0 Å². The highest BCUT2D eigenvalue weighted by Gasteiger charge is 2.18. The minimum atomic E-state index is -0.844. The van der Waals surface area contributed by atoms with Crippen molar-refractivity contribution in [2.75, 3.05) is 13.2 Å². The minimum Gasteiger partial charge on any atom is -0.466 e. The molecule has 0 aliphatic heterocycles. The van der Waals surface area contributed by atoms with Crippen LogP contribution in [0.25, 0.3) is 0 Å². The van der Waals surface area contributed by atoms with Crippen molar-refractivity contribution in [3.05, 3.63) is 24.3 Å². The SMILES string of the molecule is CCCCCCCCCCCCCCC/C=C/C(O)C(CO)NC(=O)CCCCCCCCCCCCC/C=C\CCCCCCCCCCCCCCOC(=O)CCCCCCCCCCCCC. The van der Waals surface area contributed by atoms with Gasteiger partial charge in [0, 0.05) is 12.8 Å². The Balaban J connectivity index is 3.40. The first-order valence-corrected chi connectivity index (χ1v) is 31.6. The Morgan fingerprint density at radius 1 is 0.386 bits per heavy atom. The molecular weight excluding hydrogens is 863 g/mol. The number of aliphatic hydroxyl groups excluding tert-OH is 2. The zero-order valence-electron chi connectivity index (χ0n) is 47.3. The van der Waals surface area contributed by atoms with Gasteiger partial charge >= 0.3 is 5.97 Å². The molecule has 0 aliphatic rings. The molecule has 0 spiro atoms. The molecule has 1 amide bonds. The summed E-state index contributed by atoms with van der Waals surface area (Å²) >= 11 is 0. The number of rotatable bonds is 59. The number of hydrogen-bond donors (Lipinski definition) is 3. The zero-order chi connectivity index (χ0) is 50.7. The summed E-state index contributed by atoms with van der Waals surface area (Å²) in [5.41, 5.74) is 0. The van der Waals surface area contributed by atoms with Crippen LogP contribution < -0.4 is 5.32 Å². The maximum atomic E-state index is 12.5. The average molecular weight is 987 g/mol. The van der Waals surface area contributed by atoms with Crippen LogP contribution in [0.5, 0.6) is 0 Å². The number of aliphatic hydroxyl groups is 2. The van der Waals surface area contributed by atoms with Crippen LogP contribution in [-0.2, 0) is 14.3 Å². The second kappa shape index (κ2) is 59.9. The molecule has 0 aromatic carbocycles. The van der Waals surface area contributed by atoms with Crippen LogP contribution in [0.4, 0.5) is 0 Å². The van der Waals surface area contributed by atoms with Gasteiger partial charge in [-0.1, -0.05) is 301 Å². The van der Waals surface area contributed by atoms with Gasteiger partial charge in [0.05, 0.1) is 25.4 Å². The summed E-state index contributed by atoms with van der Waals surface area (Å²) in [5.74, 6) is -0.0524. The molecule has 0 bridgehead atoms. The maximum Gasteiger partial charge on any atom is 0.305 e. The zero-order valence-corrected chi connectivity index (χ0v) is 47.3. The van der Waals surface area contributed by atoms with E-state index >= 15 is 0 Å². The van der Waals surface area contributed by atoms with E-state index in [0.29, 0.717) is 19.4 Å². The van der Waals surface area contributed by atoms with Gasteiger partial charge in [-0.25, -0.2) is 0 Å². The lowest BCUT2D eigenvalue weighted by molar-refractivity contribution is -0.143. The molecule has 3 N–H and O–H groups in total. The Hall–Kier alpha value is -1.66. The summed E-state index contributed by atoms with van der Waals surface area (Å²) in [5, 5.41) is 23.1. The molecule has 6 heteroatoms. The van der Waals surface area contributed by atoms with E-state index in [-0.39, 0.29) is 18.5 Å². The quantitative estimate of drug-likeness (QED) is 0.0321. The Morgan fingerprint density at radius 3 is 1.01 bits per heavy atom. The van der Waals surface area contributed by atoms with Crippen LogP contribution in [-0.4, -0.2) is 47.4 Å². The van der Waals surface area contributed by atoms with Crippen molar-refractivity contribution in [2.24, 2.45) is 0 Å². The summed E-state index contributed by atoms with van der Waals surface area (Å²) in [4.78, 5) is 24.5. The van der Waals surface area contributed by atoms with Crippen LogP contribution >= 0.6 is 0 Å². The van der Waals surface area contributed by atoms with Crippen LogP contribution in [0.3, 0.4) is 0 Å². The normalized spacial score (nSPS) is 12.7. The Morgan fingerprint density at radius 2 is 0.671 bits per heavy atom. The van der Waals surface area contributed by atoms with E-state index in [0.717, 1.165) is 38.5 Å². The Kier molecular flexibility index (Phi) is 58.5.